The zero-order valence-electron chi connectivity index (χ0n) is 9.14. The van der Waals surface area contributed by atoms with E-state index >= 15 is 0 Å². The molecule has 2 aromatic rings. The van der Waals surface area contributed by atoms with Crippen molar-refractivity contribution < 1.29 is 9.09 Å². The Morgan fingerprint density at radius 2 is 2.25 bits per heavy atom. The molecule has 0 saturated carbocycles. The zero-order valence-corrected chi connectivity index (χ0v) is 10.8. The minimum atomic E-state index is -2.77. The van der Waals surface area contributed by atoms with Crippen molar-refractivity contribution in [2.45, 2.75) is 6.92 Å². The molecule has 4 nitrogen and oxygen atoms in total. The van der Waals surface area contributed by atoms with E-state index in [0.717, 1.165) is 10.2 Å². The quantitative estimate of drug-likeness (QED) is 0.850. The van der Waals surface area contributed by atoms with Gasteiger partial charge in [0.25, 0.3) is 7.52 Å². The predicted molar refractivity (Wildman–Crippen MR) is 68.4 cm³/mol. The third-order valence-electron chi connectivity index (χ3n) is 1.97. The standard InChI is InChI=1S/C10H13N2O2PS/c1-3-14-15(2,13)12-10-11-8-6-4-5-7-9(8)16-10/h4-7H,3H2,1-2H3,(H,11,12,13). The first-order valence-electron chi connectivity index (χ1n) is 4.96. The molecule has 1 heterocycles. The summed E-state index contributed by atoms with van der Waals surface area (Å²) in [6.07, 6.45) is 0. The van der Waals surface area contributed by atoms with Crippen LogP contribution in [-0.2, 0) is 9.09 Å². The number of thiazole rings is 1. The van der Waals surface area contributed by atoms with Crippen molar-refractivity contribution in [1.82, 2.24) is 4.98 Å². The largest absolute Gasteiger partial charge is 0.314 e. The summed E-state index contributed by atoms with van der Waals surface area (Å²) < 4.78 is 18.1. The highest BCUT2D eigenvalue weighted by Crippen LogP contribution is 2.43. The van der Waals surface area contributed by atoms with Gasteiger partial charge in [-0.3, -0.25) is 9.65 Å². The van der Waals surface area contributed by atoms with E-state index in [9.17, 15) is 4.57 Å². The van der Waals surface area contributed by atoms with E-state index < -0.39 is 7.52 Å². The number of rotatable bonds is 4. The molecule has 1 unspecified atom stereocenters. The van der Waals surface area contributed by atoms with Gasteiger partial charge in [-0.15, -0.1) is 0 Å². The van der Waals surface area contributed by atoms with Crippen LogP contribution in [0.2, 0.25) is 0 Å². The zero-order chi connectivity index (χ0) is 11.6. The summed E-state index contributed by atoms with van der Waals surface area (Å²) in [6, 6.07) is 7.80. The fourth-order valence-corrected chi connectivity index (χ4v) is 3.72. The summed E-state index contributed by atoms with van der Waals surface area (Å²) in [5.41, 5.74) is 0.909. The number of anilines is 1. The second-order valence-electron chi connectivity index (χ2n) is 3.36. The molecule has 1 N–H and O–H groups in total. The Balaban J connectivity index is 2.25. The Morgan fingerprint density at radius 3 is 2.94 bits per heavy atom. The van der Waals surface area contributed by atoms with Crippen molar-refractivity contribution in [3.05, 3.63) is 24.3 Å². The molecule has 16 heavy (non-hydrogen) atoms. The fourth-order valence-electron chi connectivity index (χ4n) is 1.37. The summed E-state index contributed by atoms with van der Waals surface area (Å²) in [6.45, 7) is 3.80. The van der Waals surface area contributed by atoms with E-state index in [1.54, 1.807) is 6.66 Å². The third-order valence-corrected chi connectivity index (χ3v) is 4.44. The number of hydrogen-bond donors (Lipinski definition) is 1. The molecule has 0 aliphatic heterocycles. The monoisotopic (exact) mass is 256 g/mol. The highest BCUT2D eigenvalue weighted by atomic mass is 32.1. The van der Waals surface area contributed by atoms with Crippen LogP contribution >= 0.6 is 18.9 Å². The Bertz CT molecular complexity index is 507. The van der Waals surface area contributed by atoms with Crippen LogP contribution in [-0.4, -0.2) is 18.3 Å². The maximum Gasteiger partial charge on any atom is 0.292 e. The lowest BCUT2D eigenvalue weighted by Crippen LogP contribution is -1.98. The molecule has 2 rings (SSSR count). The number of fused-ring (bicyclic) bond motifs is 1. The normalized spacial score (nSPS) is 14.9. The Hall–Kier alpha value is -0.900. The van der Waals surface area contributed by atoms with Crippen LogP contribution in [0.1, 0.15) is 6.92 Å². The molecule has 0 aliphatic carbocycles. The molecule has 0 fully saturated rings. The van der Waals surface area contributed by atoms with Gasteiger partial charge in [-0.05, 0) is 19.1 Å². The molecule has 0 amide bonds. The van der Waals surface area contributed by atoms with Crippen molar-refractivity contribution in [3.8, 4) is 0 Å². The number of benzene rings is 1. The molecule has 86 valence electrons. The summed E-state index contributed by atoms with van der Waals surface area (Å²) in [5.74, 6) is 0. The van der Waals surface area contributed by atoms with Crippen LogP contribution in [0.15, 0.2) is 24.3 Å². The number of nitrogens with zero attached hydrogens (tertiary/aromatic N) is 1. The lowest BCUT2D eigenvalue weighted by atomic mass is 10.3. The van der Waals surface area contributed by atoms with Gasteiger partial charge in [-0.1, -0.05) is 23.5 Å². The first-order chi connectivity index (χ1) is 7.61. The van der Waals surface area contributed by atoms with Crippen LogP contribution in [0.4, 0.5) is 5.13 Å². The van der Waals surface area contributed by atoms with E-state index in [1.165, 1.54) is 11.3 Å². The summed E-state index contributed by atoms with van der Waals surface area (Å²) in [5, 5.41) is 3.49. The van der Waals surface area contributed by atoms with Crippen LogP contribution in [0.3, 0.4) is 0 Å². The molecule has 1 atom stereocenters. The highest BCUT2D eigenvalue weighted by Gasteiger charge is 2.16. The van der Waals surface area contributed by atoms with Gasteiger partial charge in [0, 0.05) is 6.66 Å². The van der Waals surface area contributed by atoms with Crippen molar-refractivity contribution in [3.63, 3.8) is 0 Å². The molecule has 1 aromatic carbocycles. The van der Waals surface area contributed by atoms with Crippen LogP contribution in [0.5, 0.6) is 0 Å². The Kier molecular flexibility index (Phi) is 3.28. The smallest absolute Gasteiger partial charge is 0.292 e. The van der Waals surface area contributed by atoms with Crippen LogP contribution in [0.25, 0.3) is 10.2 Å². The fraction of sp³-hybridized carbons (Fsp3) is 0.300. The highest BCUT2D eigenvalue weighted by molar-refractivity contribution is 7.60. The molecule has 0 spiro atoms. The van der Waals surface area contributed by atoms with Gasteiger partial charge in [0.1, 0.15) is 0 Å². The van der Waals surface area contributed by atoms with E-state index in [4.69, 9.17) is 4.52 Å². The van der Waals surface area contributed by atoms with Gasteiger partial charge < -0.3 is 4.52 Å². The first-order valence-corrected chi connectivity index (χ1v) is 7.85. The van der Waals surface area contributed by atoms with E-state index in [-0.39, 0.29) is 0 Å². The second-order valence-corrected chi connectivity index (χ2v) is 6.57. The number of para-hydroxylation sites is 1. The molecular weight excluding hydrogens is 243 g/mol. The third kappa shape index (κ3) is 2.61. The maximum absolute atomic E-state index is 11.9. The average molecular weight is 256 g/mol. The van der Waals surface area contributed by atoms with Crippen molar-refractivity contribution in [1.29, 1.82) is 0 Å². The molecule has 0 saturated heterocycles. The predicted octanol–water partition coefficient (Wildman–Crippen LogP) is 3.57. The minimum absolute atomic E-state index is 0.422. The molecule has 0 bridgehead atoms. The van der Waals surface area contributed by atoms with Gasteiger partial charge in [0.2, 0.25) is 0 Å². The van der Waals surface area contributed by atoms with Crippen molar-refractivity contribution in [2.75, 3.05) is 18.4 Å². The second kappa shape index (κ2) is 4.53. The molecule has 1 aromatic heterocycles. The average Bonchev–Trinajstić information content (AvgIpc) is 2.58. The van der Waals surface area contributed by atoms with Crippen LogP contribution < -0.4 is 5.09 Å². The number of hydrogen-bond acceptors (Lipinski definition) is 4. The Labute approximate surface area is 98.2 Å². The van der Waals surface area contributed by atoms with Crippen molar-refractivity contribution in [2.24, 2.45) is 0 Å². The van der Waals surface area contributed by atoms with Gasteiger partial charge in [0.05, 0.1) is 16.8 Å². The Morgan fingerprint density at radius 1 is 1.50 bits per heavy atom. The van der Waals surface area contributed by atoms with E-state index in [2.05, 4.69) is 10.1 Å². The molecule has 6 heteroatoms. The van der Waals surface area contributed by atoms with Gasteiger partial charge >= 0.3 is 0 Å². The summed E-state index contributed by atoms with van der Waals surface area (Å²) in [7, 11) is -2.77. The lowest BCUT2D eigenvalue weighted by molar-refractivity contribution is 0.341. The van der Waals surface area contributed by atoms with Gasteiger partial charge in [-0.25, -0.2) is 4.98 Å². The number of aromatic nitrogens is 1. The number of nitrogens with one attached hydrogen (secondary N) is 1. The molecule has 0 radical (unpaired) electrons. The molecule has 0 aliphatic rings. The topological polar surface area (TPSA) is 51.2 Å². The van der Waals surface area contributed by atoms with E-state index in [0.29, 0.717) is 11.7 Å². The maximum atomic E-state index is 11.9. The summed E-state index contributed by atoms with van der Waals surface area (Å²) >= 11 is 1.48. The van der Waals surface area contributed by atoms with Gasteiger partial charge in [0.15, 0.2) is 5.13 Å². The first kappa shape index (κ1) is 11.6. The van der Waals surface area contributed by atoms with Crippen molar-refractivity contribution >= 4 is 34.2 Å². The lowest BCUT2D eigenvalue weighted by Gasteiger charge is -2.12. The minimum Gasteiger partial charge on any atom is -0.314 e. The SMILES string of the molecule is CCOP(C)(=O)Nc1nc2ccccc2s1. The van der Waals surface area contributed by atoms with Gasteiger partial charge in [-0.2, -0.15) is 0 Å². The van der Waals surface area contributed by atoms with Crippen LogP contribution in [0, 0.1) is 0 Å². The summed E-state index contributed by atoms with van der Waals surface area (Å²) in [4.78, 5) is 4.34. The molecular formula is C10H13N2O2PS. The van der Waals surface area contributed by atoms with E-state index in [1.807, 2.05) is 31.2 Å².